The van der Waals surface area contributed by atoms with E-state index in [9.17, 15) is 4.79 Å². The average Bonchev–Trinajstić information content (AvgIpc) is 3.30. The molecule has 0 saturated carbocycles. The lowest BCUT2D eigenvalue weighted by atomic mass is 9.94. The molecule has 5 rings (SSSR count). The second-order valence-corrected chi connectivity index (χ2v) is 7.78. The highest BCUT2D eigenvalue weighted by Crippen LogP contribution is 2.35. The summed E-state index contributed by atoms with van der Waals surface area (Å²) in [6.07, 6.45) is 5.39. The van der Waals surface area contributed by atoms with Crippen LogP contribution in [0.15, 0.2) is 71.5 Å². The van der Waals surface area contributed by atoms with Crippen LogP contribution in [0, 0.1) is 0 Å². The molecule has 152 valence electrons. The molecule has 1 aliphatic rings. The highest BCUT2D eigenvalue weighted by Gasteiger charge is 2.20. The van der Waals surface area contributed by atoms with Crippen LogP contribution in [0.3, 0.4) is 0 Å². The predicted octanol–water partition coefficient (Wildman–Crippen LogP) is 6.09. The van der Waals surface area contributed by atoms with Gasteiger partial charge in [-0.15, -0.1) is 10.2 Å². The summed E-state index contributed by atoms with van der Waals surface area (Å²) in [5, 5.41) is 8.51. The summed E-state index contributed by atoms with van der Waals surface area (Å²) in [4.78, 5) is 14.3. The van der Waals surface area contributed by atoms with E-state index in [1.54, 1.807) is 11.8 Å². The number of rotatable bonds is 2. The molecule has 31 heavy (non-hydrogen) atoms. The number of hydrogen-bond acceptors (Lipinski definition) is 4. The lowest BCUT2D eigenvalue weighted by Crippen LogP contribution is -2.29. The molecule has 0 fully saturated rings. The van der Waals surface area contributed by atoms with E-state index in [0.29, 0.717) is 17.5 Å². The van der Waals surface area contributed by atoms with Crippen LogP contribution in [0.4, 0.5) is 5.69 Å². The molecule has 0 unspecified atom stereocenters. The van der Waals surface area contributed by atoms with Gasteiger partial charge in [-0.25, -0.2) is 0 Å². The molecule has 0 spiro atoms. The number of carbonyl (C=O) groups is 1. The Morgan fingerprint density at radius 1 is 1.00 bits per heavy atom. The summed E-state index contributed by atoms with van der Waals surface area (Å²) in [5.41, 5.74) is 6.73. The topological polar surface area (TPSA) is 59.2 Å². The fourth-order valence-corrected chi connectivity index (χ4v) is 4.09. The van der Waals surface area contributed by atoms with E-state index in [1.807, 2.05) is 48.5 Å². The molecule has 0 N–H and O–H groups in total. The van der Waals surface area contributed by atoms with Gasteiger partial charge in [0.2, 0.25) is 18.2 Å². The van der Waals surface area contributed by atoms with Crippen molar-refractivity contribution in [2.24, 2.45) is 0 Å². The number of amides is 1. The van der Waals surface area contributed by atoms with E-state index in [2.05, 4.69) is 34.5 Å². The van der Waals surface area contributed by atoms with Crippen LogP contribution in [0.5, 0.6) is 0 Å². The monoisotopic (exact) mass is 427 g/mol. The number of benzene rings is 3. The summed E-state index contributed by atoms with van der Waals surface area (Å²) in [7, 11) is 0. The first kappa shape index (κ1) is 19.3. The first-order chi connectivity index (χ1) is 15.1. The summed E-state index contributed by atoms with van der Waals surface area (Å²) >= 11 is 6.19. The average molecular weight is 428 g/mol. The lowest BCUT2D eigenvalue weighted by molar-refractivity contribution is -0.116. The van der Waals surface area contributed by atoms with E-state index in [-0.39, 0.29) is 5.91 Å². The first-order valence-corrected chi connectivity index (χ1v) is 10.2. The molecule has 5 nitrogen and oxygen atoms in total. The summed E-state index contributed by atoms with van der Waals surface area (Å²) in [6, 6.07) is 19.7. The fourth-order valence-electron chi connectivity index (χ4n) is 3.91. The first-order valence-electron chi connectivity index (χ1n) is 9.85. The molecule has 2 heterocycles. The molecule has 0 radical (unpaired) electrons. The van der Waals surface area contributed by atoms with Gasteiger partial charge in [0.15, 0.2) is 0 Å². The second kappa shape index (κ2) is 7.85. The van der Waals surface area contributed by atoms with E-state index >= 15 is 0 Å². The largest absolute Gasteiger partial charge is 0.423 e. The molecular weight excluding hydrogens is 410 g/mol. The Labute approximate surface area is 184 Å². The Morgan fingerprint density at radius 3 is 2.58 bits per heavy atom. The maximum atomic E-state index is 12.5. The van der Waals surface area contributed by atoms with Gasteiger partial charge in [-0.3, -0.25) is 4.79 Å². The normalized spacial score (nSPS) is 13.7. The van der Waals surface area contributed by atoms with Crippen molar-refractivity contribution in [3.8, 4) is 22.6 Å². The van der Waals surface area contributed by atoms with Gasteiger partial charge in [0, 0.05) is 17.5 Å². The summed E-state index contributed by atoms with van der Waals surface area (Å²) < 4.78 is 5.43. The van der Waals surface area contributed by atoms with Crippen molar-refractivity contribution < 1.29 is 9.21 Å². The van der Waals surface area contributed by atoms with Gasteiger partial charge in [0.1, 0.15) is 0 Å². The Bertz CT molecular complexity index is 1310. The molecule has 0 bridgehead atoms. The maximum absolute atomic E-state index is 12.5. The third-order valence-corrected chi connectivity index (χ3v) is 5.64. The van der Waals surface area contributed by atoms with Gasteiger partial charge in [-0.1, -0.05) is 54.1 Å². The van der Waals surface area contributed by atoms with Crippen molar-refractivity contribution in [2.45, 2.75) is 13.5 Å². The van der Waals surface area contributed by atoms with Crippen molar-refractivity contribution in [1.82, 2.24) is 10.2 Å². The number of aromatic nitrogens is 2. The van der Waals surface area contributed by atoms with Gasteiger partial charge < -0.3 is 9.32 Å². The Kier molecular flexibility index (Phi) is 4.88. The van der Waals surface area contributed by atoms with Gasteiger partial charge in [-0.05, 0) is 58.1 Å². The second-order valence-electron chi connectivity index (χ2n) is 7.34. The van der Waals surface area contributed by atoms with E-state index in [4.69, 9.17) is 16.0 Å². The van der Waals surface area contributed by atoms with Crippen molar-refractivity contribution >= 4 is 35.3 Å². The van der Waals surface area contributed by atoms with Crippen molar-refractivity contribution in [3.05, 3.63) is 88.8 Å². The van der Waals surface area contributed by atoms with Crippen molar-refractivity contribution in [1.29, 1.82) is 0 Å². The predicted molar refractivity (Wildman–Crippen MR) is 122 cm³/mol. The van der Waals surface area contributed by atoms with Gasteiger partial charge in [-0.2, -0.15) is 0 Å². The lowest BCUT2D eigenvalue weighted by Gasteiger charge is -2.26. The third kappa shape index (κ3) is 3.64. The standard InChI is InChI=1S/C25H18ClN3O2/c1-16(30)29-14-20-12-18(22-4-2-3-5-23(22)25-28-27-15-31-25)8-6-17(20)7-9-19-13-21(26)10-11-24(19)29/h2-13,15H,14H2,1H3/b9-7-. The molecular formula is C25H18ClN3O2. The van der Waals surface area contributed by atoms with Gasteiger partial charge in [0.05, 0.1) is 12.2 Å². The Hall–Kier alpha value is -3.70. The Balaban J connectivity index is 1.63. The minimum Gasteiger partial charge on any atom is -0.423 e. The van der Waals surface area contributed by atoms with Crippen molar-refractivity contribution in [3.63, 3.8) is 0 Å². The van der Waals surface area contributed by atoms with Crippen LogP contribution in [-0.4, -0.2) is 16.1 Å². The Morgan fingerprint density at radius 2 is 1.81 bits per heavy atom. The van der Waals surface area contributed by atoms with Crippen LogP contribution in [0.1, 0.15) is 23.6 Å². The SMILES string of the molecule is CC(=O)N1Cc2cc(-c3ccccc3-c3nnco3)ccc2/C=C\c2cc(Cl)ccc21. The van der Waals surface area contributed by atoms with Gasteiger partial charge >= 0.3 is 0 Å². The smallest absolute Gasteiger partial charge is 0.248 e. The molecule has 1 aliphatic heterocycles. The number of carbonyl (C=O) groups excluding carboxylic acids is 1. The highest BCUT2D eigenvalue weighted by atomic mass is 35.5. The van der Waals surface area contributed by atoms with Crippen LogP contribution in [-0.2, 0) is 11.3 Å². The maximum Gasteiger partial charge on any atom is 0.248 e. The number of anilines is 1. The quantitative estimate of drug-likeness (QED) is 0.388. The fraction of sp³-hybridized carbons (Fsp3) is 0.0800. The number of halogens is 1. The number of hydrogen-bond donors (Lipinski definition) is 0. The molecule has 0 atom stereocenters. The minimum absolute atomic E-state index is 0.0264. The molecule has 3 aromatic carbocycles. The molecule has 1 aromatic heterocycles. The highest BCUT2D eigenvalue weighted by molar-refractivity contribution is 6.30. The van der Waals surface area contributed by atoms with Crippen LogP contribution < -0.4 is 4.90 Å². The molecule has 0 aliphatic carbocycles. The summed E-state index contributed by atoms with van der Waals surface area (Å²) in [6.45, 7) is 2.04. The zero-order valence-corrected chi connectivity index (χ0v) is 17.5. The molecule has 0 saturated heterocycles. The van der Waals surface area contributed by atoms with Crippen LogP contribution in [0.2, 0.25) is 5.02 Å². The van der Waals surface area contributed by atoms with Crippen LogP contribution >= 0.6 is 11.6 Å². The summed E-state index contributed by atoms with van der Waals surface area (Å²) in [5.74, 6) is 0.444. The van der Waals surface area contributed by atoms with Crippen molar-refractivity contribution in [2.75, 3.05) is 4.90 Å². The molecule has 1 amide bonds. The zero-order valence-electron chi connectivity index (χ0n) is 16.7. The van der Waals surface area contributed by atoms with E-state index in [1.165, 1.54) is 6.39 Å². The zero-order chi connectivity index (χ0) is 21.4. The number of nitrogens with zero attached hydrogens (tertiary/aromatic N) is 3. The molecule has 4 aromatic rings. The van der Waals surface area contributed by atoms with Gasteiger partial charge in [0.25, 0.3) is 0 Å². The van der Waals surface area contributed by atoms with Crippen LogP contribution in [0.25, 0.3) is 34.7 Å². The third-order valence-electron chi connectivity index (χ3n) is 5.40. The van der Waals surface area contributed by atoms with E-state index in [0.717, 1.165) is 39.1 Å². The molecule has 6 heteroatoms. The van der Waals surface area contributed by atoms with E-state index < -0.39 is 0 Å². The number of fused-ring (bicyclic) bond motifs is 2. The minimum atomic E-state index is -0.0264.